The fourth-order valence-corrected chi connectivity index (χ4v) is 1.87. The number of amides is 2. The number of unbranched alkanes of at least 4 members (excludes halogenated alkanes) is 1. The Kier molecular flexibility index (Phi) is 7.08. The van der Waals surface area contributed by atoms with E-state index in [2.05, 4.69) is 17.6 Å². The molecule has 2 amide bonds. The second-order valence-corrected chi connectivity index (χ2v) is 5.19. The average Bonchev–Trinajstić information content (AvgIpc) is 2.50. The van der Waals surface area contributed by atoms with Crippen LogP contribution in [0.4, 0.5) is 5.69 Å². The number of aliphatic carboxylic acids is 1. The molecule has 0 aliphatic rings. The predicted molar refractivity (Wildman–Crippen MR) is 83.7 cm³/mol. The van der Waals surface area contributed by atoms with E-state index in [0.29, 0.717) is 11.3 Å². The van der Waals surface area contributed by atoms with E-state index in [1.807, 2.05) is 6.92 Å². The zero-order chi connectivity index (χ0) is 16.5. The molecule has 0 saturated carbocycles. The van der Waals surface area contributed by atoms with Crippen LogP contribution in [0.2, 0.25) is 0 Å². The highest BCUT2D eigenvalue weighted by atomic mass is 16.4. The van der Waals surface area contributed by atoms with E-state index in [0.717, 1.165) is 19.3 Å². The SMILES string of the molecule is CCCCC(C)C(=O)Nc1ccc(C(=O)NCC(=O)O)cc1. The summed E-state index contributed by atoms with van der Waals surface area (Å²) >= 11 is 0. The zero-order valence-corrected chi connectivity index (χ0v) is 12.9. The molecule has 1 aromatic carbocycles. The maximum absolute atomic E-state index is 12.0. The minimum absolute atomic E-state index is 0.0449. The zero-order valence-electron chi connectivity index (χ0n) is 12.9. The van der Waals surface area contributed by atoms with Crippen LogP contribution in [0.25, 0.3) is 0 Å². The molecule has 1 atom stereocenters. The summed E-state index contributed by atoms with van der Waals surface area (Å²) in [6, 6.07) is 6.34. The Morgan fingerprint density at radius 3 is 2.36 bits per heavy atom. The molecule has 0 spiro atoms. The first-order valence-corrected chi connectivity index (χ1v) is 7.35. The molecule has 6 nitrogen and oxygen atoms in total. The standard InChI is InChI=1S/C16H22N2O4/c1-3-4-5-11(2)15(21)18-13-8-6-12(7-9-13)16(22)17-10-14(19)20/h6-9,11H,3-5,10H2,1-2H3,(H,17,22)(H,18,21)(H,19,20). The summed E-state index contributed by atoms with van der Waals surface area (Å²) in [4.78, 5) is 34.0. The Hall–Kier alpha value is -2.37. The average molecular weight is 306 g/mol. The van der Waals surface area contributed by atoms with Gasteiger partial charge in [0, 0.05) is 17.2 Å². The van der Waals surface area contributed by atoms with Crippen molar-refractivity contribution in [1.82, 2.24) is 5.32 Å². The highest BCUT2D eigenvalue weighted by molar-refractivity contribution is 5.97. The molecule has 22 heavy (non-hydrogen) atoms. The van der Waals surface area contributed by atoms with Crippen molar-refractivity contribution in [2.45, 2.75) is 33.1 Å². The van der Waals surface area contributed by atoms with Crippen LogP contribution in [0, 0.1) is 5.92 Å². The van der Waals surface area contributed by atoms with Crippen molar-refractivity contribution in [3.8, 4) is 0 Å². The molecule has 0 fully saturated rings. The smallest absolute Gasteiger partial charge is 0.322 e. The molecule has 0 radical (unpaired) electrons. The third-order valence-electron chi connectivity index (χ3n) is 3.25. The molecule has 1 unspecified atom stereocenters. The molecular formula is C16H22N2O4. The molecule has 0 saturated heterocycles. The van der Waals surface area contributed by atoms with Gasteiger partial charge in [-0.05, 0) is 30.7 Å². The van der Waals surface area contributed by atoms with Gasteiger partial charge in [0.05, 0.1) is 0 Å². The molecule has 1 aromatic rings. The van der Waals surface area contributed by atoms with Crippen LogP contribution in [-0.2, 0) is 9.59 Å². The highest BCUT2D eigenvalue weighted by Crippen LogP contribution is 2.14. The van der Waals surface area contributed by atoms with Gasteiger partial charge in [-0.3, -0.25) is 14.4 Å². The highest BCUT2D eigenvalue weighted by Gasteiger charge is 2.13. The second kappa shape index (κ2) is 8.81. The third-order valence-corrected chi connectivity index (χ3v) is 3.25. The monoisotopic (exact) mass is 306 g/mol. The van der Waals surface area contributed by atoms with E-state index < -0.39 is 18.4 Å². The van der Waals surface area contributed by atoms with Crippen LogP contribution in [-0.4, -0.2) is 29.4 Å². The van der Waals surface area contributed by atoms with E-state index in [4.69, 9.17) is 5.11 Å². The van der Waals surface area contributed by atoms with Crippen molar-refractivity contribution < 1.29 is 19.5 Å². The van der Waals surface area contributed by atoms with Crippen LogP contribution < -0.4 is 10.6 Å². The first-order chi connectivity index (χ1) is 10.4. The van der Waals surface area contributed by atoms with Crippen molar-refractivity contribution >= 4 is 23.5 Å². The second-order valence-electron chi connectivity index (χ2n) is 5.19. The molecular weight excluding hydrogens is 284 g/mol. The topological polar surface area (TPSA) is 95.5 Å². The lowest BCUT2D eigenvalue weighted by atomic mass is 10.0. The number of benzene rings is 1. The number of hydrogen-bond acceptors (Lipinski definition) is 3. The van der Waals surface area contributed by atoms with E-state index in [1.165, 1.54) is 0 Å². The van der Waals surface area contributed by atoms with Crippen molar-refractivity contribution in [1.29, 1.82) is 0 Å². The number of carboxylic acid groups (broad SMARTS) is 1. The summed E-state index contributed by atoms with van der Waals surface area (Å²) in [7, 11) is 0. The van der Waals surface area contributed by atoms with Gasteiger partial charge in [-0.2, -0.15) is 0 Å². The molecule has 0 aliphatic carbocycles. The molecule has 1 rings (SSSR count). The van der Waals surface area contributed by atoms with Crippen LogP contribution in [0.5, 0.6) is 0 Å². The van der Waals surface area contributed by atoms with Gasteiger partial charge in [0.1, 0.15) is 6.54 Å². The fourth-order valence-electron chi connectivity index (χ4n) is 1.87. The van der Waals surface area contributed by atoms with Gasteiger partial charge < -0.3 is 15.7 Å². The van der Waals surface area contributed by atoms with Gasteiger partial charge in [-0.1, -0.05) is 26.7 Å². The molecule has 3 N–H and O–H groups in total. The minimum Gasteiger partial charge on any atom is -0.480 e. The van der Waals surface area contributed by atoms with Crippen molar-refractivity contribution in [3.05, 3.63) is 29.8 Å². The number of carbonyl (C=O) groups excluding carboxylic acids is 2. The maximum atomic E-state index is 12.0. The van der Waals surface area contributed by atoms with E-state index >= 15 is 0 Å². The summed E-state index contributed by atoms with van der Waals surface area (Å²) in [5.41, 5.74) is 0.960. The third kappa shape index (κ3) is 5.95. The Morgan fingerprint density at radius 2 is 1.82 bits per heavy atom. The molecule has 0 aromatic heterocycles. The summed E-state index contributed by atoms with van der Waals surface area (Å²) in [5, 5.41) is 13.6. The van der Waals surface area contributed by atoms with E-state index in [9.17, 15) is 14.4 Å². The summed E-state index contributed by atoms with van der Waals surface area (Å²) in [6.07, 6.45) is 2.91. The van der Waals surface area contributed by atoms with Crippen molar-refractivity contribution in [3.63, 3.8) is 0 Å². The minimum atomic E-state index is -1.10. The first-order valence-electron chi connectivity index (χ1n) is 7.35. The number of carbonyl (C=O) groups is 3. The number of nitrogens with one attached hydrogen (secondary N) is 2. The van der Waals surface area contributed by atoms with E-state index in [-0.39, 0.29) is 11.8 Å². The summed E-state index contributed by atoms with van der Waals surface area (Å²) < 4.78 is 0. The van der Waals surface area contributed by atoms with Crippen molar-refractivity contribution in [2.75, 3.05) is 11.9 Å². The Morgan fingerprint density at radius 1 is 1.18 bits per heavy atom. The van der Waals surface area contributed by atoms with Gasteiger partial charge >= 0.3 is 5.97 Å². The molecule has 0 bridgehead atoms. The van der Waals surface area contributed by atoms with Gasteiger partial charge in [-0.15, -0.1) is 0 Å². The molecule has 6 heteroatoms. The number of rotatable bonds is 8. The Labute approximate surface area is 129 Å². The molecule has 120 valence electrons. The Balaban J connectivity index is 2.55. The number of hydrogen-bond donors (Lipinski definition) is 3. The van der Waals surface area contributed by atoms with Crippen LogP contribution in [0.15, 0.2) is 24.3 Å². The molecule has 0 aliphatic heterocycles. The number of carboxylic acids is 1. The van der Waals surface area contributed by atoms with Crippen molar-refractivity contribution in [2.24, 2.45) is 5.92 Å². The number of anilines is 1. The summed E-state index contributed by atoms with van der Waals surface area (Å²) in [5.74, 6) is -1.66. The fraction of sp³-hybridized carbons (Fsp3) is 0.438. The van der Waals surface area contributed by atoms with Crippen LogP contribution >= 0.6 is 0 Å². The van der Waals surface area contributed by atoms with Gasteiger partial charge in [0.15, 0.2) is 0 Å². The summed E-state index contributed by atoms with van der Waals surface area (Å²) in [6.45, 7) is 3.55. The van der Waals surface area contributed by atoms with Gasteiger partial charge in [0.2, 0.25) is 5.91 Å². The normalized spacial score (nSPS) is 11.5. The van der Waals surface area contributed by atoms with E-state index in [1.54, 1.807) is 24.3 Å². The largest absolute Gasteiger partial charge is 0.480 e. The van der Waals surface area contributed by atoms with Crippen LogP contribution in [0.1, 0.15) is 43.5 Å². The lowest BCUT2D eigenvalue weighted by molar-refractivity contribution is -0.135. The molecule has 0 heterocycles. The lowest BCUT2D eigenvalue weighted by Crippen LogP contribution is -2.29. The Bertz CT molecular complexity index is 525. The first kappa shape index (κ1) is 17.7. The lowest BCUT2D eigenvalue weighted by Gasteiger charge is -2.12. The van der Waals surface area contributed by atoms with Crippen LogP contribution in [0.3, 0.4) is 0 Å². The predicted octanol–water partition coefficient (Wildman–Crippen LogP) is 2.27. The maximum Gasteiger partial charge on any atom is 0.322 e. The van der Waals surface area contributed by atoms with Gasteiger partial charge in [-0.25, -0.2) is 0 Å². The van der Waals surface area contributed by atoms with Gasteiger partial charge in [0.25, 0.3) is 5.91 Å². The quantitative estimate of drug-likeness (QED) is 0.686.